The van der Waals surface area contributed by atoms with Crippen molar-refractivity contribution in [3.8, 4) is 0 Å². The Morgan fingerprint density at radius 2 is 1.91 bits per heavy atom. The molecule has 1 fully saturated rings. The summed E-state index contributed by atoms with van der Waals surface area (Å²) < 4.78 is 13.5. The number of piperidine rings is 1. The van der Waals surface area contributed by atoms with Gasteiger partial charge in [-0.1, -0.05) is 31.8 Å². The van der Waals surface area contributed by atoms with E-state index in [1.165, 1.54) is 4.90 Å². The largest absolute Gasteiger partial charge is 0.481 e. The summed E-state index contributed by atoms with van der Waals surface area (Å²) in [6.45, 7) is 14.3. The minimum atomic E-state index is -1.14. The van der Waals surface area contributed by atoms with E-state index in [0.717, 1.165) is 29.1 Å². The number of carboxylic acid groups (broad SMARTS) is 1. The first-order valence-corrected chi connectivity index (χ1v) is 15.4. The molecule has 1 amide bonds. The van der Waals surface area contributed by atoms with Crippen molar-refractivity contribution in [2.24, 2.45) is 5.92 Å². The number of ether oxygens (including phenoxy) is 2. The van der Waals surface area contributed by atoms with Crippen LogP contribution in [-0.2, 0) is 21.0 Å². The van der Waals surface area contributed by atoms with Crippen molar-refractivity contribution in [1.82, 2.24) is 9.47 Å². The molecule has 0 aliphatic carbocycles. The van der Waals surface area contributed by atoms with Gasteiger partial charge in [-0.15, -0.1) is 0 Å². The topological polar surface area (TPSA) is 81.0 Å². The van der Waals surface area contributed by atoms with Gasteiger partial charge in [-0.3, -0.25) is 4.79 Å². The Hall–Kier alpha value is -2.32. The molecule has 0 unspecified atom stereocenters. The van der Waals surface area contributed by atoms with Gasteiger partial charge in [-0.05, 0) is 56.3 Å². The lowest BCUT2D eigenvalue weighted by Crippen LogP contribution is -2.47. The van der Waals surface area contributed by atoms with Crippen LogP contribution in [0.3, 0.4) is 0 Å². The van der Waals surface area contributed by atoms with E-state index in [4.69, 9.17) is 9.47 Å². The van der Waals surface area contributed by atoms with E-state index in [1.54, 1.807) is 0 Å². The van der Waals surface area contributed by atoms with Crippen LogP contribution in [0, 0.1) is 5.92 Å². The van der Waals surface area contributed by atoms with Crippen LogP contribution in [0.4, 0.5) is 4.79 Å². The molecule has 2 atom stereocenters. The quantitative estimate of drug-likeness (QED) is 0.430. The number of hydrogen-bond acceptors (Lipinski definition) is 4. The van der Waals surface area contributed by atoms with E-state index in [1.807, 2.05) is 39.1 Å². The number of carbonyl (C=O) groups excluding carboxylic acids is 1. The molecule has 1 aliphatic rings. The van der Waals surface area contributed by atoms with Crippen LogP contribution >= 0.6 is 0 Å². The second kappa shape index (κ2) is 9.89. The Morgan fingerprint density at radius 3 is 2.55 bits per heavy atom. The van der Waals surface area contributed by atoms with E-state index in [9.17, 15) is 14.7 Å². The number of amides is 1. The SMILES string of the molecule is CC(C)(C)OC(=O)N1CC[C@H](c2ccc3ccn(COCC[Si](C)(C)C)c3c2)[C@@H](C(=O)O)C1. The average Bonchev–Trinajstić information content (AvgIpc) is 3.11. The second-order valence-corrected chi connectivity index (χ2v) is 16.8. The Kier molecular flexibility index (Phi) is 7.58. The molecule has 1 aliphatic heterocycles. The van der Waals surface area contributed by atoms with Gasteiger partial charge in [-0.25, -0.2) is 4.79 Å². The predicted octanol–water partition coefficient (Wildman–Crippen LogP) is 5.38. The fraction of sp³-hybridized carbons (Fsp3) is 0.600. The number of nitrogens with zero attached hydrogens (tertiary/aromatic N) is 2. The minimum absolute atomic E-state index is 0.147. The first-order valence-electron chi connectivity index (χ1n) is 11.7. The van der Waals surface area contributed by atoms with Gasteiger partial charge in [0.2, 0.25) is 0 Å². The molecule has 1 aromatic carbocycles. The number of rotatable bonds is 7. The molecule has 3 rings (SSSR count). The van der Waals surface area contributed by atoms with Crippen LogP contribution in [-0.4, -0.2) is 60.0 Å². The lowest BCUT2D eigenvalue weighted by atomic mass is 9.80. The van der Waals surface area contributed by atoms with Crippen molar-refractivity contribution in [2.45, 2.75) is 71.1 Å². The zero-order valence-corrected chi connectivity index (χ0v) is 21.8. The van der Waals surface area contributed by atoms with Crippen molar-refractivity contribution in [3.05, 3.63) is 36.0 Å². The molecule has 2 heterocycles. The number of aliphatic carboxylic acids is 1. The molecule has 1 aromatic heterocycles. The minimum Gasteiger partial charge on any atom is -0.481 e. The zero-order chi connectivity index (χ0) is 24.4. The first-order chi connectivity index (χ1) is 15.3. The van der Waals surface area contributed by atoms with Gasteiger partial charge in [0, 0.05) is 39.9 Å². The summed E-state index contributed by atoms with van der Waals surface area (Å²) in [6.07, 6.45) is 2.14. The summed E-state index contributed by atoms with van der Waals surface area (Å²) >= 11 is 0. The van der Waals surface area contributed by atoms with Crippen LogP contribution in [0.2, 0.25) is 25.7 Å². The van der Waals surface area contributed by atoms with E-state index >= 15 is 0 Å². The van der Waals surface area contributed by atoms with Crippen LogP contribution in [0.15, 0.2) is 30.5 Å². The highest BCUT2D eigenvalue weighted by Gasteiger charge is 2.38. The highest BCUT2D eigenvalue weighted by molar-refractivity contribution is 6.76. The monoisotopic (exact) mass is 474 g/mol. The normalized spacial score (nSPS) is 19.6. The van der Waals surface area contributed by atoms with Crippen LogP contribution in [0.1, 0.15) is 38.7 Å². The van der Waals surface area contributed by atoms with Gasteiger partial charge >= 0.3 is 12.1 Å². The van der Waals surface area contributed by atoms with Gasteiger partial charge in [0.15, 0.2) is 0 Å². The summed E-state index contributed by atoms with van der Waals surface area (Å²) in [4.78, 5) is 26.1. The molecule has 8 heteroatoms. The fourth-order valence-electron chi connectivity index (χ4n) is 4.18. The lowest BCUT2D eigenvalue weighted by Gasteiger charge is -2.37. The molecule has 0 saturated carbocycles. The Bertz CT molecular complexity index is 989. The Balaban J connectivity index is 1.75. The van der Waals surface area contributed by atoms with Gasteiger partial charge < -0.3 is 24.0 Å². The molecule has 182 valence electrons. The third kappa shape index (κ3) is 6.83. The average molecular weight is 475 g/mol. The molecule has 1 N–H and O–H groups in total. The highest BCUT2D eigenvalue weighted by atomic mass is 28.3. The molecule has 0 radical (unpaired) electrons. The maximum Gasteiger partial charge on any atom is 0.410 e. The summed E-state index contributed by atoms with van der Waals surface area (Å²) in [5, 5.41) is 11.0. The Labute approximate surface area is 197 Å². The predicted molar refractivity (Wildman–Crippen MR) is 132 cm³/mol. The van der Waals surface area contributed by atoms with Crippen molar-refractivity contribution in [2.75, 3.05) is 19.7 Å². The van der Waals surface area contributed by atoms with Crippen molar-refractivity contribution >= 4 is 31.0 Å². The van der Waals surface area contributed by atoms with Crippen LogP contribution < -0.4 is 0 Å². The maximum absolute atomic E-state index is 12.5. The van der Waals surface area contributed by atoms with E-state index in [-0.39, 0.29) is 12.5 Å². The van der Waals surface area contributed by atoms with Gasteiger partial charge in [0.05, 0.1) is 11.4 Å². The highest BCUT2D eigenvalue weighted by Crippen LogP contribution is 2.35. The molecule has 33 heavy (non-hydrogen) atoms. The lowest BCUT2D eigenvalue weighted by molar-refractivity contribution is -0.144. The van der Waals surface area contributed by atoms with Crippen LogP contribution in [0.25, 0.3) is 10.9 Å². The van der Waals surface area contributed by atoms with Gasteiger partial charge in [0.1, 0.15) is 12.3 Å². The number of fused-ring (bicyclic) bond motifs is 1. The van der Waals surface area contributed by atoms with Gasteiger partial charge in [-0.2, -0.15) is 0 Å². The summed E-state index contributed by atoms with van der Waals surface area (Å²) in [5.74, 6) is -1.74. The summed E-state index contributed by atoms with van der Waals surface area (Å²) in [6, 6.07) is 9.32. The van der Waals surface area contributed by atoms with E-state index < -0.39 is 31.7 Å². The van der Waals surface area contributed by atoms with E-state index in [0.29, 0.717) is 19.7 Å². The van der Waals surface area contributed by atoms with E-state index in [2.05, 4.69) is 36.3 Å². The number of carbonyl (C=O) groups is 2. The second-order valence-electron chi connectivity index (χ2n) is 11.2. The zero-order valence-electron chi connectivity index (χ0n) is 20.8. The standard InChI is InChI=1S/C25H38N2O5Si/c1-25(2,3)32-24(30)26-12-10-20(21(16-26)23(28)29)19-8-7-18-9-11-27(22(18)15-19)17-31-13-14-33(4,5)6/h7-9,11,15,20-21H,10,12-14,16-17H2,1-6H3,(H,28,29)/t20-,21+/m1/s1. The third-order valence-electron chi connectivity index (χ3n) is 6.03. The molecule has 7 nitrogen and oxygen atoms in total. The van der Waals surface area contributed by atoms with Crippen LogP contribution in [0.5, 0.6) is 0 Å². The molecule has 1 saturated heterocycles. The molecular formula is C25H38N2O5Si. The third-order valence-corrected chi connectivity index (χ3v) is 7.74. The fourth-order valence-corrected chi connectivity index (χ4v) is 4.94. The van der Waals surface area contributed by atoms with Crippen molar-refractivity contribution < 1.29 is 24.2 Å². The smallest absolute Gasteiger partial charge is 0.410 e. The molecule has 0 bridgehead atoms. The number of benzene rings is 1. The van der Waals surface area contributed by atoms with Crippen molar-refractivity contribution in [3.63, 3.8) is 0 Å². The Morgan fingerprint density at radius 1 is 1.18 bits per heavy atom. The maximum atomic E-state index is 12.5. The number of carboxylic acids is 1. The number of hydrogen-bond donors (Lipinski definition) is 1. The summed E-state index contributed by atoms with van der Waals surface area (Å²) in [7, 11) is -1.14. The van der Waals surface area contributed by atoms with Crippen molar-refractivity contribution in [1.29, 1.82) is 0 Å². The number of likely N-dealkylation sites (tertiary alicyclic amines) is 1. The summed E-state index contributed by atoms with van der Waals surface area (Å²) in [5.41, 5.74) is 1.42. The first kappa shape index (κ1) is 25.3. The molecular weight excluding hydrogens is 436 g/mol. The number of aromatic nitrogens is 1. The van der Waals surface area contributed by atoms with Gasteiger partial charge in [0.25, 0.3) is 0 Å². The molecule has 2 aromatic rings. The molecule has 0 spiro atoms.